The van der Waals surface area contributed by atoms with Crippen molar-refractivity contribution in [2.75, 3.05) is 11.1 Å². The van der Waals surface area contributed by atoms with E-state index in [1.54, 1.807) is 18.7 Å². The van der Waals surface area contributed by atoms with Crippen LogP contribution in [-0.4, -0.2) is 26.3 Å². The standard InChI is InChI=1S/C25H28N4O2S/c1-4-5-14-32-25-27-24-26-17(2)22(18(3)30)23(29(24)28-25)20-12-9-13-21(15-20)31-16-19-10-7-6-8-11-19/h6-13,15,23H,4-5,14,16H2,1-3H3,(H,26,27,28). The molecule has 1 N–H and O–H groups in total. The number of ketones is 1. The molecule has 0 amide bonds. The van der Waals surface area contributed by atoms with E-state index in [1.165, 1.54) is 0 Å². The molecule has 1 unspecified atom stereocenters. The van der Waals surface area contributed by atoms with Gasteiger partial charge in [0.1, 0.15) is 18.4 Å². The number of allylic oxidation sites excluding steroid dienone is 2. The van der Waals surface area contributed by atoms with Crippen molar-refractivity contribution in [3.63, 3.8) is 0 Å². The number of ether oxygens (including phenoxy) is 1. The van der Waals surface area contributed by atoms with Crippen LogP contribution in [0, 0.1) is 0 Å². The fourth-order valence-corrected chi connectivity index (χ4v) is 4.69. The van der Waals surface area contributed by atoms with Crippen LogP contribution < -0.4 is 10.1 Å². The van der Waals surface area contributed by atoms with Gasteiger partial charge in [-0.1, -0.05) is 67.6 Å². The molecule has 0 fully saturated rings. The van der Waals surface area contributed by atoms with Crippen molar-refractivity contribution in [3.8, 4) is 5.75 Å². The molecule has 0 bridgehead atoms. The van der Waals surface area contributed by atoms with Gasteiger partial charge in [-0.2, -0.15) is 4.98 Å². The van der Waals surface area contributed by atoms with Crippen LogP contribution in [0.4, 0.5) is 5.95 Å². The fourth-order valence-electron chi connectivity index (χ4n) is 3.78. The summed E-state index contributed by atoms with van der Waals surface area (Å²) >= 11 is 1.64. The van der Waals surface area contributed by atoms with Gasteiger partial charge in [0, 0.05) is 17.0 Å². The maximum atomic E-state index is 12.6. The molecule has 0 aliphatic carbocycles. The lowest BCUT2D eigenvalue weighted by Gasteiger charge is -2.28. The third-order valence-corrected chi connectivity index (χ3v) is 6.29. The molecule has 0 radical (unpaired) electrons. The Balaban J connectivity index is 1.65. The van der Waals surface area contributed by atoms with Crippen molar-refractivity contribution >= 4 is 23.5 Å². The molecule has 0 saturated carbocycles. The number of fused-ring (bicyclic) bond motifs is 1. The zero-order valence-electron chi connectivity index (χ0n) is 18.7. The van der Waals surface area contributed by atoms with Gasteiger partial charge in [0.05, 0.1) is 0 Å². The second kappa shape index (κ2) is 10.0. The second-order valence-electron chi connectivity index (χ2n) is 7.83. The number of Topliss-reactive ketones (excluding diaryl/α,β-unsaturated/α-hetero) is 1. The average Bonchev–Trinajstić information content (AvgIpc) is 3.19. The van der Waals surface area contributed by atoms with Crippen LogP contribution in [0.3, 0.4) is 0 Å². The minimum absolute atomic E-state index is 0.0111. The van der Waals surface area contributed by atoms with Crippen LogP contribution in [0.2, 0.25) is 0 Å². The first-order valence-electron chi connectivity index (χ1n) is 10.9. The fraction of sp³-hybridized carbons (Fsp3) is 0.320. The van der Waals surface area contributed by atoms with E-state index in [2.05, 4.69) is 17.2 Å². The maximum absolute atomic E-state index is 12.6. The molecule has 2 aromatic carbocycles. The number of carbonyl (C=O) groups excluding carboxylic acids is 1. The summed E-state index contributed by atoms with van der Waals surface area (Å²) in [7, 11) is 0. The quantitative estimate of drug-likeness (QED) is 0.338. The molecule has 4 rings (SSSR count). The molecular formula is C25H28N4O2S. The molecule has 0 saturated heterocycles. The number of rotatable bonds is 9. The monoisotopic (exact) mass is 448 g/mol. The highest BCUT2D eigenvalue weighted by atomic mass is 32.2. The Bertz CT molecular complexity index is 1120. The molecule has 0 spiro atoms. The number of aromatic nitrogens is 3. The highest BCUT2D eigenvalue weighted by Crippen LogP contribution is 2.37. The van der Waals surface area contributed by atoms with Gasteiger partial charge >= 0.3 is 0 Å². The largest absolute Gasteiger partial charge is 0.489 e. The van der Waals surface area contributed by atoms with Crippen LogP contribution in [0.15, 0.2) is 71.0 Å². The molecule has 1 aliphatic heterocycles. The van der Waals surface area contributed by atoms with Crippen molar-refractivity contribution in [2.24, 2.45) is 0 Å². The summed E-state index contributed by atoms with van der Waals surface area (Å²) in [5, 5.41) is 8.74. The number of carbonyl (C=O) groups is 1. The number of nitrogens with zero attached hydrogens (tertiary/aromatic N) is 3. The highest BCUT2D eigenvalue weighted by Gasteiger charge is 2.32. The summed E-state index contributed by atoms with van der Waals surface area (Å²) in [6, 6.07) is 17.6. The summed E-state index contributed by atoms with van der Waals surface area (Å²) in [6.07, 6.45) is 2.24. The molecule has 7 heteroatoms. The van der Waals surface area contributed by atoms with Crippen LogP contribution >= 0.6 is 11.8 Å². The van der Waals surface area contributed by atoms with E-state index < -0.39 is 0 Å². The van der Waals surface area contributed by atoms with Crippen molar-refractivity contribution in [1.82, 2.24) is 14.8 Å². The summed E-state index contributed by atoms with van der Waals surface area (Å²) in [5.74, 6) is 2.40. The zero-order chi connectivity index (χ0) is 22.5. The Morgan fingerprint density at radius 2 is 2.00 bits per heavy atom. The Morgan fingerprint density at radius 1 is 1.19 bits per heavy atom. The summed E-state index contributed by atoms with van der Waals surface area (Å²) in [4.78, 5) is 17.3. The second-order valence-corrected chi connectivity index (χ2v) is 8.90. The van der Waals surface area contributed by atoms with E-state index in [9.17, 15) is 4.79 Å². The van der Waals surface area contributed by atoms with E-state index in [0.29, 0.717) is 18.1 Å². The minimum Gasteiger partial charge on any atom is -0.489 e. The van der Waals surface area contributed by atoms with Crippen molar-refractivity contribution in [1.29, 1.82) is 0 Å². The van der Waals surface area contributed by atoms with Gasteiger partial charge in [-0.05, 0) is 43.5 Å². The minimum atomic E-state index is -0.350. The number of anilines is 1. The molecular weight excluding hydrogens is 420 g/mol. The van der Waals surface area contributed by atoms with Crippen LogP contribution in [0.1, 0.15) is 50.8 Å². The Kier molecular flexibility index (Phi) is 6.95. The van der Waals surface area contributed by atoms with E-state index >= 15 is 0 Å². The Labute approximate surface area is 193 Å². The van der Waals surface area contributed by atoms with Crippen molar-refractivity contribution in [3.05, 3.63) is 77.0 Å². The number of hydrogen-bond donors (Lipinski definition) is 1. The Hall–Kier alpha value is -3.06. The maximum Gasteiger partial charge on any atom is 0.227 e. The molecule has 6 nitrogen and oxygen atoms in total. The smallest absolute Gasteiger partial charge is 0.227 e. The van der Waals surface area contributed by atoms with Gasteiger partial charge in [-0.25, -0.2) is 4.68 Å². The first kappa shape index (κ1) is 22.1. The topological polar surface area (TPSA) is 69.0 Å². The number of unbranched alkanes of at least 4 members (excludes halogenated alkanes) is 1. The van der Waals surface area contributed by atoms with Gasteiger partial charge in [0.25, 0.3) is 0 Å². The third-order valence-electron chi connectivity index (χ3n) is 5.36. The number of thioether (sulfide) groups is 1. The first-order valence-corrected chi connectivity index (χ1v) is 11.9. The van der Waals surface area contributed by atoms with Crippen molar-refractivity contribution < 1.29 is 9.53 Å². The molecule has 1 aliphatic rings. The summed E-state index contributed by atoms with van der Waals surface area (Å²) < 4.78 is 7.87. The lowest BCUT2D eigenvalue weighted by Crippen LogP contribution is -2.27. The van der Waals surface area contributed by atoms with E-state index in [-0.39, 0.29) is 11.8 Å². The molecule has 3 aromatic rings. The van der Waals surface area contributed by atoms with E-state index in [0.717, 1.165) is 46.3 Å². The van der Waals surface area contributed by atoms with Gasteiger partial charge in [-0.15, -0.1) is 5.10 Å². The Morgan fingerprint density at radius 3 is 2.75 bits per heavy atom. The molecule has 32 heavy (non-hydrogen) atoms. The van der Waals surface area contributed by atoms with Crippen LogP contribution in [0.5, 0.6) is 5.75 Å². The SMILES string of the molecule is CCCCSc1nc2n(n1)C(c1cccc(OCc3ccccc3)c1)C(C(C)=O)=C(C)N2. The number of nitrogens with one attached hydrogen (secondary N) is 1. The van der Waals surface area contributed by atoms with Gasteiger partial charge < -0.3 is 10.1 Å². The van der Waals surface area contributed by atoms with Crippen LogP contribution in [-0.2, 0) is 11.4 Å². The van der Waals surface area contributed by atoms with Crippen LogP contribution in [0.25, 0.3) is 0 Å². The summed E-state index contributed by atoms with van der Waals surface area (Å²) in [6.45, 7) is 6.17. The zero-order valence-corrected chi connectivity index (χ0v) is 19.5. The van der Waals surface area contributed by atoms with Gasteiger partial charge in [0.2, 0.25) is 11.1 Å². The van der Waals surface area contributed by atoms with E-state index in [4.69, 9.17) is 9.84 Å². The number of benzene rings is 2. The van der Waals surface area contributed by atoms with Gasteiger partial charge in [0.15, 0.2) is 5.78 Å². The molecule has 166 valence electrons. The third kappa shape index (κ3) is 4.88. The normalized spacial score (nSPS) is 15.3. The average molecular weight is 449 g/mol. The summed E-state index contributed by atoms with van der Waals surface area (Å²) in [5.41, 5.74) is 3.54. The first-order chi connectivity index (χ1) is 15.6. The lowest BCUT2D eigenvalue weighted by atomic mass is 9.93. The highest BCUT2D eigenvalue weighted by molar-refractivity contribution is 7.99. The molecule has 1 atom stereocenters. The molecule has 2 heterocycles. The van der Waals surface area contributed by atoms with Gasteiger partial charge in [-0.3, -0.25) is 4.79 Å². The van der Waals surface area contributed by atoms with Crippen molar-refractivity contribution in [2.45, 2.75) is 51.4 Å². The van der Waals surface area contributed by atoms with E-state index in [1.807, 2.05) is 66.2 Å². The lowest BCUT2D eigenvalue weighted by molar-refractivity contribution is -0.114. The predicted molar refractivity (Wildman–Crippen MR) is 128 cm³/mol. The molecule has 1 aromatic heterocycles. The number of hydrogen-bond acceptors (Lipinski definition) is 6. The predicted octanol–water partition coefficient (Wildman–Crippen LogP) is 5.63.